The van der Waals surface area contributed by atoms with E-state index in [9.17, 15) is 9.59 Å². The van der Waals surface area contributed by atoms with E-state index in [-0.39, 0.29) is 18.6 Å². The number of benzene rings is 1. The number of aromatic amines is 1. The Balaban J connectivity index is 1.37. The number of carbonyl (C=O) groups is 2. The fraction of sp³-hybridized carbons (Fsp3) is 0.524. The summed E-state index contributed by atoms with van der Waals surface area (Å²) in [6.07, 6.45) is 5.33. The van der Waals surface area contributed by atoms with Crippen molar-refractivity contribution in [1.29, 1.82) is 0 Å². The van der Waals surface area contributed by atoms with E-state index in [0.29, 0.717) is 18.0 Å². The van der Waals surface area contributed by atoms with E-state index in [1.54, 1.807) is 6.07 Å². The van der Waals surface area contributed by atoms with E-state index in [4.69, 9.17) is 9.47 Å². The van der Waals surface area contributed by atoms with Crippen molar-refractivity contribution in [3.05, 3.63) is 35.0 Å². The molecule has 1 aliphatic heterocycles. The van der Waals surface area contributed by atoms with Gasteiger partial charge in [0.2, 0.25) is 0 Å². The maximum Gasteiger partial charge on any atom is 0.338 e. The highest BCUT2D eigenvalue weighted by Crippen LogP contribution is 2.32. The molecular formula is C21H26N2O4. The van der Waals surface area contributed by atoms with E-state index in [0.717, 1.165) is 43.2 Å². The molecule has 1 fully saturated rings. The topological polar surface area (TPSA) is 80.4 Å². The van der Waals surface area contributed by atoms with Crippen LogP contribution in [0.2, 0.25) is 0 Å². The molecule has 1 amide bonds. The fourth-order valence-corrected chi connectivity index (χ4v) is 4.02. The second-order valence-electron chi connectivity index (χ2n) is 7.71. The molecule has 1 aliphatic carbocycles. The van der Waals surface area contributed by atoms with Crippen LogP contribution in [0.1, 0.15) is 47.8 Å². The Morgan fingerprint density at radius 1 is 1.33 bits per heavy atom. The lowest BCUT2D eigenvalue weighted by Gasteiger charge is -2.18. The summed E-state index contributed by atoms with van der Waals surface area (Å²) in [6, 6.07) is 5.56. The van der Waals surface area contributed by atoms with Gasteiger partial charge in [-0.3, -0.25) is 4.79 Å². The van der Waals surface area contributed by atoms with Crippen LogP contribution in [-0.2, 0) is 27.1 Å². The van der Waals surface area contributed by atoms with Gasteiger partial charge in [0.1, 0.15) is 0 Å². The quantitative estimate of drug-likeness (QED) is 0.793. The molecule has 2 N–H and O–H groups in total. The lowest BCUT2D eigenvalue weighted by molar-refractivity contribution is -0.124. The molecule has 2 aliphatic rings. The van der Waals surface area contributed by atoms with Crippen molar-refractivity contribution in [2.45, 2.75) is 45.1 Å². The zero-order valence-corrected chi connectivity index (χ0v) is 15.7. The summed E-state index contributed by atoms with van der Waals surface area (Å²) < 4.78 is 10.7. The number of esters is 1. The van der Waals surface area contributed by atoms with Crippen LogP contribution in [0, 0.1) is 5.92 Å². The van der Waals surface area contributed by atoms with Crippen LogP contribution in [0.15, 0.2) is 18.2 Å². The molecule has 0 bridgehead atoms. The smallest absolute Gasteiger partial charge is 0.338 e. The molecule has 2 atom stereocenters. The van der Waals surface area contributed by atoms with Crippen molar-refractivity contribution >= 4 is 22.8 Å². The van der Waals surface area contributed by atoms with Crippen LogP contribution in [0.5, 0.6) is 0 Å². The lowest BCUT2D eigenvalue weighted by atomic mass is 9.87. The third-order valence-corrected chi connectivity index (χ3v) is 5.56. The van der Waals surface area contributed by atoms with Gasteiger partial charge < -0.3 is 19.8 Å². The van der Waals surface area contributed by atoms with Crippen LogP contribution in [0.4, 0.5) is 0 Å². The van der Waals surface area contributed by atoms with Crippen LogP contribution in [0.3, 0.4) is 0 Å². The van der Waals surface area contributed by atoms with E-state index in [1.807, 2.05) is 12.1 Å². The van der Waals surface area contributed by atoms with Crippen molar-refractivity contribution in [3.63, 3.8) is 0 Å². The first-order valence-corrected chi connectivity index (χ1v) is 9.79. The molecule has 2 heterocycles. The zero-order valence-electron chi connectivity index (χ0n) is 15.7. The van der Waals surface area contributed by atoms with Gasteiger partial charge in [0.15, 0.2) is 6.61 Å². The Hall–Kier alpha value is -2.34. The largest absolute Gasteiger partial charge is 0.452 e. The number of aromatic nitrogens is 1. The van der Waals surface area contributed by atoms with Gasteiger partial charge in [0.05, 0.1) is 11.7 Å². The summed E-state index contributed by atoms with van der Waals surface area (Å²) >= 11 is 0. The standard InChI is InChI=1S/C21H26N2O4/c1-13-4-6-18-16(9-13)17-10-14(5-7-19(17)23-18)21(25)27-12-20(24)22-11-15-3-2-8-26-15/h5,7,10,13,15,23H,2-4,6,8-9,11-12H2,1H3,(H,22,24)/t13-,15+/m1/s1. The van der Waals surface area contributed by atoms with E-state index in [1.165, 1.54) is 17.7 Å². The molecule has 144 valence electrons. The minimum atomic E-state index is -0.469. The summed E-state index contributed by atoms with van der Waals surface area (Å²) in [5, 5.41) is 3.85. The summed E-state index contributed by atoms with van der Waals surface area (Å²) in [7, 11) is 0. The van der Waals surface area contributed by atoms with E-state index < -0.39 is 5.97 Å². The van der Waals surface area contributed by atoms with Crippen molar-refractivity contribution in [1.82, 2.24) is 10.3 Å². The SMILES string of the molecule is C[C@@H]1CCc2[nH]c3ccc(C(=O)OCC(=O)NC[C@@H]4CCCO4)cc3c2C1. The molecule has 0 saturated carbocycles. The Morgan fingerprint density at radius 3 is 3.04 bits per heavy atom. The van der Waals surface area contributed by atoms with Crippen molar-refractivity contribution in [3.8, 4) is 0 Å². The number of rotatable bonds is 5. The second kappa shape index (κ2) is 7.72. The van der Waals surface area contributed by atoms with Crippen LogP contribution in [0.25, 0.3) is 10.9 Å². The molecule has 27 heavy (non-hydrogen) atoms. The van der Waals surface area contributed by atoms with Crippen LogP contribution >= 0.6 is 0 Å². The number of ether oxygens (including phenoxy) is 2. The number of nitrogens with one attached hydrogen (secondary N) is 2. The van der Waals surface area contributed by atoms with Gasteiger partial charge in [-0.1, -0.05) is 6.92 Å². The molecule has 0 radical (unpaired) electrons. The molecule has 6 heteroatoms. The number of aryl methyl sites for hydroxylation is 1. The minimum Gasteiger partial charge on any atom is -0.452 e. The number of carbonyl (C=O) groups excluding carboxylic acids is 2. The summed E-state index contributed by atoms with van der Waals surface area (Å²) in [6.45, 7) is 3.20. The molecule has 1 aromatic carbocycles. The highest BCUT2D eigenvalue weighted by Gasteiger charge is 2.21. The van der Waals surface area contributed by atoms with Crippen LogP contribution < -0.4 is 5.32 Å². The van der Waals surface area contributed by atoms with Crippen molar-refractivity contribution in [2.24, 2.45) is 5.92 Å². The maximum absolute atomic E-state index is 12.4. The van der Waals surface area contributed by atoms with Gasteiger partial charge in [-0.2, -0.15) is 0 Å². The Kier molecular flexibility index (Phi) is 5.16. The van der Waals surface area contributed by atoms with Crippen molar-refractivity contribution < 1.29 is 19.1 Å². The monoisotopic (exact) mass is 370 g/mol. The Labute approximate surface area is 158 Å². The van der Waals surface area contributed by atoms with Gasteiger partial charge in [0, 0.05) is 29.7 Å². The van der Waals surface area contributed by atoms with Gasteiger partial charge in [-0.25, -0.2) is 4.79 Å². The average Bonchev–Trinajstić information content (AvgIpc) is 3.31. The molecule has 6 nitrogen and oxygen atoms in total. The Morgan fingerprint density at radius 2 is 2.22 bits per heavy atom. The highest BCUT2D eigenvalue weighted by atomic mass is 16.5. The first-order valence-electron chi connectivity index (χ1n) is 9.79. The second-order valence-corrected chi connectivity index (χ2v) is 7.71. The third-order valence-electron chi connectivity index (χ3n) is 5.56. The molecule has 4 rings (SSSR count). The normalized spacial score (nSPS) is 21.8. The fourth-order valence-electron chi connectivity index (χ4n) is 4.02. The summed E-state index contributed by atoms with van der Waals surface area (Å²) in [5.41, 5.74) is 4.13. The molecule has 1 aromatic heterocycles. The van der Waals surface area contributed by atoms with E-state index >= 15 is 0 Å². The molecular weight excluding hydrogens is 344 g/mol. The van der Waals surface area contributed by atoms with E-state index in [2.05, 4.69) is 17.2 Å². The first-order chi connectivity index (χ1) is 13.1. The molecule has 0 spiro atoms. The highest BCUT2D eigenvalue weighted by molar-refractivity contribution is 5.97. The number of amides is 1. The maximum atomic E-state index is 12.4. The summed E-state index contributed by atoms with van der Waals surface area (Å²) in [5.74, 6) is -0.115. The Bertz CT molecular complexity index is 851. The first kappa shape index (κ1) is 18.0. The molecule has 2 aromatic rings. The lowest BCUT2D eigenvalue weighted by Crippen LogP contribution is -2.34. The molecule has 1 saturated heterocycles. The predicted molar refractivity (Wildman–Crippen MR) is 102 cm³/mol. The van der Waals surface area contributed by atoms with Gasteiger partial charge in [-0.05, 0) is 61.8 Å². The number of hydrogen-bond acceptors (Lipinski definition) is 4. The molecule has 0 unspecified atom stereocenters. The number of H-pyrrole nitrogens is 1. The third kappa shape index (κ3) is 4.00. The average molecular weight is 370 g/mol. The van der Waals surface area contributed by atoms with Gasteiger partial charge in [-0.15, -0.1) is 0 Å². The predicted octanol–water partition coefficient (Wildman–Crippen LogP) is 2.74. The number of hydrogen-bond donors (Lipinski definition) is 2. The van der Waals surface area contributed by atoms with Gasteiger partial charge >= 0.3 is 5.97 Å². The van der Waals surface area contributed by atoms with Crippen LogP contribution in [-0.4, -0.2) is 42.7 Å². The summed E-state index contributed by atoms with van der Waals surface area (Å²) in [4.78, 5) is 27.7. The van der Waals surface area contributed by atoms with Crippen molar-refractivity contribution in [2.75, 3.05) is 19.8 Å². The minimum absolute atomic E-state index is 0.0780. The number of fused-ring (bicyclic) bond motifs is 3. The van der Waals surface area contributed by atoms with Gasteiger partial charge in [0.25, 0.3) is 5.91 Å². The zero-order chi connectivity index (χ0) is 18.8.